The molecule has 3 amide bonds. The van der Waals surface area contributed by atoms with Gasteiger partial charge in [-0.15, -0.1) is 0 Å². The van der Waals surface area contributed by atoms with Gasteiger partial charge in [-0.25, -0.2) is 13.6 Å². The number of hydrogen-bond acceptors (Lipinski definition) is 2. The van der Waals surface area contributed by atoms with E-state index in [0.29, 0.717) is 13.1 Å². The summed E-state index contributed by atoms with van der Waals surface area (Å²) >= 11 is 0. The number of benzene rings is 1. The summed E-state index contributed by atoms with van der Waals surface area (Å²) in [6.07, 6.45) is 1.59. The van der Waals surface area contributed by atoms with Gasteiger partial charge in [0.2, 0.25) is 5.91 Å². The molecule has 0 aromatic heterocycles. The Morgan fingerprint density at radius 3 is 2.71 bits per heavy atom. The lowest BCUT2D eigenvalue weighted by atomic mass is 10.1. The molecule has 0 spiro atoms. The third-order valence-corrected chi connectivity index (χ3v) is 3.29. The van der Waals surface area contributed by atoms with E-state index in [2.05, 4.69) is 10.6 Å². The zero-order valence-electron chi connectivity index (χ0n) is 11.7. The topological polar surface area (TPSA) is 61.4 Å². The van der Waals surface area contributed by atoms with Gasteiger partial charge in [0.05, 0.1) is 0 Å². The first-order valence-corrected chi connectivity index (χ1v) is 6.74. The molecule has 1 saturated heterocycles. The Morgan fingerprint density at radius 2 is 2.05 bits per heavy atom. The van der Waals surface area contributed by atoms with Crippen LogP contribution in [0.1, 0.15) is 19.8 Å². The Labute approximate surface area is 121 Å². The second-order valence-electron chi connectivity index (χ2n) is 5.04. The van der Waals surface area contributed by atoms with Crippen LogP contribution in [0.2, 0.25) is 0 Å². The van der Waals surface area contributed by atoms with Crippen LogP contribution in [0.3, 0.4) is 0 Å². The van der Waals surface area contributed by atoms with Crippen LogP contribution in [0, 0.1) is 11.6 Å². The van der Waals surface area contributed by atoms with Crippen LogP contribution >= 0.6 is 0 Å². The fourth-order valence-corrected chi connectivity index (χ4v) is 2.34. The van der Waals surface area contributed by atoms with Crippen molar-refractivity contribution in [3.63, 3.8) is 0 Å². The largest absolute Gasteiger partial charge is 0.352 e. The highest BCUT2D eigenvalue weighted by Gasteiger charge is 2.24. The molecule has 0 aliphatic carbocycles. The van der Waals surface area contributed by atoms with Crippen molar-refractivity contribution < 1.29 is 18.4 Å². The summed E-state index contributed by atoms with van der Waals surface area (Å²) in [6, 6.07) is 2.72. The van der Waals surface area contributed by atoms with E-state index < -0.39 is 17.7 Å². The third kappa shape index (κ3) is 4.14. The van der Waals surface area contributed by atoms with Crippen molar-refractivity contribution in [1.82, 2.24) is 10.2 Å². The lowest BCUT2D eigenvalue weighted by molar-refractivity contribution is -0.119. The SMILES string of the molecule is CC(=O)N[C@H]1CCCN(C(=O)Nc2ccc(F)c(F)c2)C1. The van der Waals surface area contributed by atoms with E-state index in [4.69, 9.17) is 0 Å². The number of nitrogens with zero attached hydrogens (tertiary/aromatic N) is 1. The fraction of sp³-hybridized carbons (Fsp3) is 0.429. The molecule has 1 aromatic rings. The first-order chi connectivity index (χ1) is 9.95. The van der Waals surface area contributed by atoms with E-state index in [1.54, 1.807) is 4.90 Å². The van der Waals surface area contributed by atoms with Gasteiger partial charge in [-0.05, 0) is 25.0 Å². The average Bonchev–Trinajstić information content (AvgIpc) is 2.42. The van der Waals surface area contributed by atoms with Gasteiger partial charge in [-0.2, -0.15) is 0 Å². The highest BCUT2D eigenvalue weighted by atomic mass is 19.2. The number of rotatable bonds is 2. The predicted molar refractivity (Wildman–Crippen MR) is 73.8 cm³/mol. The molecule has 2 N–H and O–H groups in total. The Morgan fingerprint density at radius 1 is 1.29 bits per heavy atom. The van der Waals surface area contributed by atoms with E-state index >= 15 is 0 Å². The first-order valence-electron chi connectivity index (χ1n) is 6.74. The molecular formula is C14H17F2N3O2. The van der Waals surface area contributed by atoms with Crippen molar-refractivity contribution in [2.24, 2.45) is 0 Å². The van der Waals surface area contributed by atoms with Crippen LogP contribution in [-0.2, 0) is 4.79 Å². The monoisotopic (exact) mass is 297 g/mol. The maximum atomic E-state index is 13.1. The molecular weight excluding hydrogens is 280 g/mol. The molecule has 5 nitrogen and oxygen atoms in total. The average molecular weight is 297 g/mol. The van der Waals surface area contributed by atoms with Crippen LogP contribution in [0.4, 0.5) is 19.3 Å². The maximum absolute atomic E-state index is 13.1. The highest BCUT2D eigenvalue weighted by molar-refractivity contribution is 5.89. The van der Waals surface area contributed by atoms with Crippen molar-refractivity contribution in [2.75, 3.05) is 18.4 Å². The van der Waals surface area contributed by atoms with Crippen molar-refractivity contribution in [3.8, 4) is 0 Å². The maximum Gasteiger partial charge on any atom is 0.321 e. The van der Waals surface area contributed by atoms with Crippen LogP contribution in [0.25, 0.3) is 0 Å². The summed E-state index contributed by atoms with van der Waals surface area (Å²) in [6.45, 7) is 2.39. The van der Waals surface area contributed by atoms with Gasteiger partial charge in [-0.1, -0.05) is 0 Å². The van der Waals surface area contributed by atoms with Crippen LogP contribution in [-0.4, -0.2) is 36.0 Å². The third-order valence-electron chi connectivity index (χ3n) is 3.29. The Balaban J connectivity index is 1.96. The summed E-state index contributed by atoms with van der Waals surface area (Å²) in [7, 11) is 0. The van der Waals surface area contributed by atoms with Crippen molar-refractivity contribution in [2.45, 2.75) is 25.8 Å². The minimum atomic E-state index is -1.01. The molecule has 1 aliphatic rings. The van der Waals surface area contributed by atoms with Crippen molar-refractivity contribution >= 4 is 17.6 Å². The minimum absolute atomic E-state index is 0.0769. The summed E-state index contributed by atoms with van der Waals surface area (Å²) < 4.78 is 25.9. The number of urea groups is 1. The highest BCUT2D eigenvalue weighted by Crippen LogP contribution is 2.16. The molecule has 0 saturated carbocycles. The van der Waals surface area contributed by atoms with Crippen molar-refractivity contribution in [1.29, 1.82) is 0 Å². The minimum Gasteiger partial charge on any atom is -0.352 e. The van der Waals surface area contributed by atoms with Gasteiger partial charge in [0.25, 0.3) is 0 Å². The van der Waals surface area contributed by atoms with Crippen LogP contribution in [0.15, 0.2) is 18.2 Å². The zero-order valence-corrected chi connectivity index (χ0v) is 11.7. The smallest absolute Gasteiger partial charge is 0.321 e. The predicted octanol–water partition coefficient (Wildman–Crippen LogP) is 2.10. The summed E-state index contributed by atoms with van der Waals surface area (Å²) in [4.78, 5) is 24.7. The van der Waals surface area contributed by atoms with Gasteiger partial charge >= 0.3 is 6.03 Å². The normalized spacial score (nSPS) is 18.2. The van der Waals surface area contributed by atoms with Crippen molar-refractivity contribution in [3.05, 3.63) is 29.8 Å². The van der Waals surface area contributed by atoms with Gasteiger partial charge in [0.15, 0.2) is 11.6 Å². The zero-order chi connectivity index (χ0) is 15.4. The van der Waals surface area contributed by atoms with E-state index in [-0.39, 0.29) is 17.6 Å². The van der Waals surface area contributed by atoms with Gasteiger partial charge in [-0.3, -0.25) is 4.79 Å². The van der Waals surface area contributed by atoms with Gasteiger partial charge in [0, 0.05) is 37.8 Å². The number of carbonyl (C=O) groups excluding carboxylic acids is 2. The number of carbonyl (C=O) groups is 2. The lowest BCUT2D eigenvalue weighted by Crippen LogP contribution is -2.50. The molecule has 1 aromatic carbocycles. The number of nitrogens with one attached hydrogen (secondary N) is 2. The summed E-state index contributed by atoms with van der Waals surface area (Å²) in [5, 5.41) is 5.30. The van der Waals surface area contributed by atoms with Crippen LogP contribution in [0.5, 0.6) is 0 Å². The quantitative estimate of drug-likeness (QED) is 0.878. The standard InChI is InChI=1S/C14H17F2N3O2/c1-9(20)17-11-3-2-6-19(8-11)14(21)18-10-4-5-12(15)13(16)7-10/h4-5,7,11H,2-3,6,8H2,1H3,(H,17,20)(H,18,21)/t11-/m0/s1. The Kier molecular flexibility index (Phi) is 4.72. The molecule has 0 radical (unpaired) electrons. The van der Waals surface area contributed by atoms with Crippen LogP contribution < -0.4 is 10.6 Å². The number of halogens is 2. The second kappa shape index (κ2) is 6.51. The number of likely N-dealkylation sites (tertiary alicyclic amines) is 1. The number of amides is 3. The molecule has 1 aliphatic heterocycles. The van der Waals surface area contributed by atoms with Gasteiger partial charge in [0.1, 0.15) is 0 Å². The Hall–Kier alpha value is -2.18. The molecule has 1 fully saturated rings. The van der Waals surface area contributed by atoms with E-state index in [0.717, 1.165) is 25.0 Å². The molecule has 2 rings (SSSR count). The number of hydrogen-bond donors (Lipinski definition) is 2. The van der Waals surface area contributed by atoms with E-state index in [1.807, 2.05) is 0 Å². The Bertz CT molecular complexity index is 551. The van der Waals surface area contributed by atoms with E-state index in [1.165, 1.54) is 13.0 Å². The summed E-state index contributed by atoms with van der Waals surface area (Å²) in [5.41, 5.74) is 0.195. The molecule has 0 bridgehead atoms. The molecule has 1 atom stereocenters. The molecule has 0 unspecified atom stereocenters. The molecule has 21 heavy (non-hydrogen) atoms. The molecule has 1 heterocycles. The fourth-order valence-electron chi connectivity index (χ4n) is 2.34. The van der Waals surface area contributed by atoms with E-state index in [9.17, 15) is 18.4 Å². The number of piperidine rings is 1. The molecule has 114 valence electrons. The summed E-state index contributed by atoms with van der Waals surface area (Å²) in [5.74, 6) is -2.11. The first kappa shape index (κ1) is 15.2. The molecule has 7 heteroatoms. The van der Waals surface area contributed by atoms with Gasteiger partial charge < -0.3 is 15.5 Å². The number of anilines is 1. The lowest BCUT2D eigenvalue weighted by Gasteiger charge is -2.33. The second-order valence-corrected chi connectivity index (χ2v) is 5.04.